The number of nitrogens with zero attached hydrogens (tertiary/aromatic N) is 3. The fourth-order valence-electron chi connectivity index (χ4n) is 1.58. The van der Waals surface area contributed by atoms with E-state index in [4.69, 9.17) is 0 Å². The van der Waals surface area contributed by atoms with Gasteiger partial charge in [-0.1, -0.05) is 6.08 Å². The maximum absolute atomic E-state index is 9.74. The van der Waals surface area contributed by atoms with Crippen molar-refractivity contribution in [1.82, 2.24) is 4.68 Å². The van der Waals surface area contributed by atoms with Crippen molar-refractivity contribution < 1.29 is 15.3 Å². The predicted molar refractivity (Wildman–Crippen MR) is 82.1 cm³/mol. The van der Waals surface area contributed by atoms with Gasteiger partial charge in [0.1, 0.15) is 0 Å². The first-order chi connectivity index (χ1) is 10.0. The van der Waals surface area contributed by atoms with Crippen molar-refractivity contribution in [2.24, 2.45) is 10.1 Å². The topological polar surface area (TPSA) is 90.3 Å². The summed E-state index contributed by atoms with van der Waals surface area (Å²) in [6, 6.07) is 2.74. The molecular weight excluding hydrogens is 290 g/mol. The second-order valence-corrected chi connectivity index (χ2v) is 5.05. The molecule has 0 saturated carbocycles. The van der Waals surface area contributed by atoms with Crippen LogP contribution in [0, 0.1) is 6.92 Å². The van der Waals surface area contributed by atoms with Crippen molar-refractivity contribution in [3.05, 3.63) is 46.2 Å². The van der Waals surface area contributed by atoms with Crippen molar-refractivity contribution in [1.29, 1.82) is 0 Å². The first-order valence-electron chi connectivity index (χ1n) is 6.11. The van der Waals surface area contributed by atoms with Crippen molar-refractivity contribution >= 4 is 17.6 Å². The Kier molecular flexibility index (Phi) is 4.44. The molecule has 7 heteroatoms. The molecule has 0 fully saturated rings. The second-order valence-electron chi connectivity index (χ2n) is 4.22. The lowest BCUT2D eigenvalue weighted by Gasteiger charge is -2.03. The molecule has 1 aromatic carbocycles. The third-order valence-electron chi connectivity index (χ3n) is 2.68. The Morgan fingerprint density at radius 1 is 1.29 bits per heavy atom. The van der Waals surface area contributed by atoms with E-state index in [9.17, 15) is 15.3 Å². The molecule has 0 aliphatic carbocycles. The van der Waals surface area contributed by atoms with Gasteiger partial charge in [-0.05, 0) is 19.1 Å². The molecule has 0 radical (unpaired) electrons. The standard InChI is InChI=1S/C14H15N3O3S/c1-3-6-15-14-17(9(2)8-21-14)16-7-10-4-5-11(18)13(20)12(10)19/h3-5,7-8,18-20H,1,6H2,2H3/b15-14?,16-7+. The highest BCUT2D eigenvalue weighted by Crippen LogP contribution is 2.36. The van der Waals surface area contributed by atoms with Gasteiger partial charge in [-0.3, -0.25) is 4.99 Å². The van der Waals surface area contributed by atoms with E-state index in [1.807, 2.05) is 12.3 Å². The number of aryl methyl sites for hydroxylation is 1. The third-order valence-corrected chi connectivity index (χ3v) is 3.65. The zero-order valence-corrected chi connectivity index (χ0v) is 12.2. The molecule has 0 spiro atoms. The van der Waals surface area contributed by atoms with Gasteiger partial charge in [0, 0.05) is 10.9 Å². The number of hydrogen-bond donors (Lipinski definition) is 3. The van der Waals surface area contributed by atoms with Gasteiger partial charge in [-0.2, -0.15) is 5.10 Å². The minimum absolute atomic E-state index is 0.290. The lowest BCUT2D eigenvalue weighted by molar-refractivity contribution is 0.367. The Morgan fingerprint density at radius 3 is 2.76 bits per heavy atom. The van der Waals surface area contributed by atoms with Crippen LogP contribution in [-0.2, 0) is 0 Å². The van der Waals surface area contributed by atoms with E-state index in [1.54, 1.807) is 10.8 Å². The molecule has 0 saturated heterocycles. The summed E-state index contributed by atoms with van der Waals surface area (Å²) < 4.78 is 1.62. The summed E-state index contributed by atoms with van der Waals surface area (Å²) in [7, 11) is 0. The SMILES string of the molecule is C=CCN=c1scc(C)n1/N=C/c1ccc(O)c(O)c1O. The molecule has 110 valence electrons. The minimum Gasteiger partial charge on any atom is -0.504 e. The summed E-state index contributed by atoms with van der Waals surface area (Å²) in [5.74, 6) is -1.37. The summed E-state index contributed by atoms with van der Waals surface area (Å²) in [4.78, 5) is 5.01. The Bertz CT molecular complexity index is 759. The average molecular weight is 305 g/mol. The normalized spacial score (nSPS) is 12.1. The molecule has 0 aliphatic heterocycles. The molecule has 0 amide bonds. The average Bonchev–Trinajstić information content (AvgIpc) is 2.82. The number of aromatic hydroxyl groups is 3. The molecule has 21 heavy (non-hydrogen) atoms. The van der Waals surface area contributed by atoms with E-state index in [2.05, 4.69) is 16.7 Å². The quantitative estimate of drug-likeness (QED) is 0.458. The maximum atomic E-state index is 9.74. The number of phenols is 3. The highest BCUT2D eigenvalue weighted by atomic mass is 32.1. The fourth-order valence-corrected chi connectivity index (χ4v) is 2.40. The summed E-state index contributed by atoms with van der Waals surface area (Å²) in [6.45, 7) is 5.98. The van der Waals surface area contributed by atoms with Gasteiger partial charge in [0.15, 0.2) is 11.5 Å². The van der Waals surface area contributed by atoms with E-state index < -0.39 is 11.5 Å². The van der Waals surface area contributed by atoms with Crippen LogP contribution in [0.1, 0.15) is 11.3 Å². The molecule has 2 rings (SSSR count). The van der Waals surface area contributed by atoms with E-state index >= 15 is 0 Å². The van der Waals surface area contributed by atoms with Crippen LogP contribution in [0.3, 0.4) is 0 Å². The van der Waals surface area contributed by atoms with Crippen LogP contribution in [0.25, 0.3) is 0 Å². The van der Waals surface area contributed by atoms with Crippen molar-refractivity contribution in [2.75, 3.05) is 6.54 Å². The summed E-state index contributed by atoms with van der Waals surface area (Å²) in [5.41, 5.74) is 1.18. The summed E-state index contributed by atoms with van der Waals surface area (Å²) >= 11 is 1.44. The van der Waals surface area contributed by atoms with Crippen LogP contribution >= 0.6 is 11.3 Å². The van der Waals surface area contributed by atoms with Gasteiger partial charge >= 0.3 is 0 Å². The number of rotatable bonds is 4. The number of benzene rings is 1. The highest BCUT2D eigenvalue weighted by molar-refractivity contribution is 7.07. The molecule has 0 bridgehead atoms. The van der Waals surface area contributed by atoms with Gasteiger partial charge in [-0.15, -0.1) is 17.9 Å². The number of phenolic OH excluding ortho intramolecular Hbond substituents is 3. The molecule has 2 aromatic rings. The predicted octanol–water partition coefficient (Wildman–Crippen LogP) is 1.94. The highest BCUT2D eigenvalue weighted by Gasteiger charge is 2.09. The molecular formula is C14H15N3O3S. The first kappa shape index (κ1) is 14.9. The van der Waals surface area contributed by atoms with Crippen LogP contribution < -0.4 is 4.80 Å². The van der Waals surface area contributed by atoms with Gasteiger partial charge in [-0.25, -0.2) is 4.68 Å². The van der Waals surface area contributed by atoms with Crippen molar-refractivity contribution in [3.8, 4) is 17.2 Å². The van der Waals surface area contributed by atoms with Crippen molar-refractivity contribution in [3.63, 3.8) is 0 Å². The zero-order chi connectivity index (χ0) is 15.4. The van der Waals surface area contributed by atoms with E-state index in [1.165, 1.54) is 29.7 Å². The van der Waals surface area contributed by atoms with Crippen LogP contribution in [-0.4, -0.2) is 32.8 Å². The van der Waals surface area contributed by atoms with Gasteiger partial charge in [0.2, 0.25) is 10.6 Å². The van der Waals surface area contributed by atoms with Gasteiger partial charge in [0.25, 0.3) is 0 Å². The van der Waals surface area contributed by atoms with Crippen LogP contribution in [0.5, 0.6) is 17.2 Å². The Morgan fingerprint density at radius 2 is 2.05 bits per heavy atom. The van der Waals surface area contributed by atoms with Gasteiger partial charge < -0.3 is 15.3 Å². The molecule has 3 N–H and O–H groups in total. The third kappa shape index (κ3) is 3.14. The summed E-state index contributed by atoms with van der Waals surface area (Å²) in [6.07, 6.45) is 3.08. The molecule has 1 heterocycles. The van der Waals surface area contributed by atoms with Crippen LogP contribution in [0.15, 0.2) is 40.3 Å². The smallest absolute Gasteiger partial charge is 0.206 e. The van der Waals surface area contributed by atoms with Gasteiger partial charge in [0.05, 0.1) is 18.5 Å². The fraction of sp³-hybridized carbons (Fsp3) is 0.143. The first-order valence-corrected chi connectivity index (χ1v) is 6.99. The molecule has 1 aromatic heterocycles. The lowest BCUT2D eigenvalue weighted by Crippen LogP contribution is -2.12. The maximum Gasteiger partial charge on any atom is 0.206 e. The number of aromatic nitrogens is 1. The Hall–Kier alpha value is -2.54. The zero-order valence-electron chi connectivity index (χ0n) is 11.4. The van der Waals surface area contributed by atoms with Crippen LogP contribution in [0.2, 0.25) is 0 Å². The number of thiazole rings is 1. The van der Waals surface area contributed by atoms with E-state index in [-0.39, 0.29) is 11.3 Å². The Labute approximate surface area is 125 Å². The monoisotopic (exact) mass is 305 g/mol. The molecule has 0 atom stereocenters. The largest absolute Gasteiger partial charge is 0.504 e. The Balaban J connectivity index is 2.41. The number of hydrogen-bond acceptors (Lipinski definition) is 6. The molecule has 0 unspecified atom stereocenters. The summed E-state index contributed by atoms with van der Waals surface area (Å²) in [5, 5.41) is 34.6. The van der Waals surface area contributed by atoms with Crippen LogP contribution in [0.4, 0.5) is 0 Å². The van der Waals surface area contributed by atoms with E-state index in [0.717, 1.165) is 5.69 Å². The lowest BCUT2D eigenvalue weighted by atomic mass is 10.2. The molecule has 0 aliphatic rings. The molecule has 6 nitrogen and oxygen atoms in total. The second kappa shape index (κ2) is 6.27. The van der Waals surface area contributed by atoms with Crippen molar-refractivity contribution in [2.45, 2.75) is 6.92 Å². The minimum atomic E-state index is -0.567. The van der Waals surface area contributed by atoms with E-state index in [0.29, 0.717) is 11.3 Å².